The largest absolute Gasteiger partial charge is 0.472 e. The third-order valence-corrected chi connectivity index (χ3v) is 19.2. The molecule has 0 fully saturated rings. The molecule has 592 valence electrons. The Morgan fingerprint density at radius 1 is 0.284 bits per heavy atom. The number of ether oxygens (including phenoxy) is 4. The second-order valence-electron chi connectivity index (χ2n) is 27.3. The summed E-state index contributed by atoms with van der Waals surface area (Å²) in [5.41, 5.74) is 0. The molecule has 0 bridgehead atoms. The van der Waals surface area contributed by atoms with Gasteiger partial charge in [0.05, 0.1) is 26.4 Å². The lowest BCUT2D eigenvalue weighted by Gasteiger charge is -2.21. The minimum atomic E-state index is -4.98. The van der Waals surface area contributed by atoms with Gasteiger partial charge in [-0.2, -0.15) is 0 Å². The third-order valence-electron chi connectivity index (χ3n) is 17.3. The molecule has 0 saturated heterocycles. The average Bonchev–Trinajstić information content (AvgIpc) is 0.924. The molecule has 0 aliphatic heterocycles. The van der Waals surface area contributed by atoms with Crippen LogP contribution in [0.3, 0.4) is 0 Å². The van der Waals surface area contributed by atoms with Gasteiger partial charge in [-0.05, 0) is 122 Å². The lowest BCUT2D eigenvalue weighted by Crippen LogP contribution is -2.30. The van der Waals surface area contributed by atoms with Gasteiger partial charge in [-0.1, -0.05) is 299 Å². The van der Waals surface area contributed by atoms with Gasteiger partial charge in [-0.15, -0.1) is 0 Å². The number of esters is 4. The van der Waals surface area contributed by atoms with E-state index in [2.05, 4.69) is 113 Å². The van der Waals surface area contributed by atoms with Gasteiger partial charge in [0.1, 0.15) is 19.3 Å². The number of carbonyl (C=O) groups excluding carboxylic acids is 4. The number of unbranched alkanes of at least 4 members (excludes halogenated alkanes) is 37. The smallest absolute Gasteiger partial charge is 0.462 e. The van der Waals surface area contributed by atoms with Crippen LogP contribution in [0.2, 0.25) is 0 Å². The molecule has 0 rings (SSSR count). The number of allylic oxidation sites excluding steroid dienone is 14. The fraction of sp³-hybridized carbons (Fsp3) is 0.783. The molecule has 19 heteroatoms. The van der Waals surface area contributed by atoms with Gasteiger partial charge >= 0.3 is 39.5 Å². The Kier molecular flexibility index (Phi) is 72.7. The Labute approximate surface area is 621 Å². The minimum absolute atomic E-state index is 0.0767. The summed E-state index contributed by atoms with van der Waals surface area (Å²) >= 11 is 0. The summed E-state index contributed by atoms with van der Waals surface area (Å²) in [6, 6.07) is 0. The lowest BCUT2D eigenvalue weighted by molar-refractivity contribution is -0.161. The molecule has 3 N–H and O–H groups in total. The number of hydrogen-bond acceptors (Lipinski definition) is 15. The predicted octanol–water partition coefficient (Wildman–Crippen LogP) is 23.8. The van der Waals surface area contributed by atoms with Gasteiger partial charge in [-0.3, -0.25) is 37.3 Å². The van der Waals surface area contributed by atoms with E-state index >= 15 is 0 Å². The van der Waals surface area contributed by atoms with Crippen LogP contribution in [-0.2, 0) is 65.4 Å². The Hall–Kier alpha value is -3.76. The number of aliphatic hydroxyl groups is 1. The lowest BCUT2D eigenvalue weighted by atomic mass is 10.0. The molecule has 17 nitrogen and oxygen atoms in total. The highest BCUT2D eigenvalue weighted by molar-refractivity contribution is 7.47. The van der Waals surface area contributed by atoms with Crippen molar-refractivity contribution in [3.8, 4) is 0 Å². The van der Waals surface area contributed by atoms with E-state index in [1.165, 1.54) is 109 Å². The molecule has 0 aromatic heterocycles. The Bertz CT molecular complexity index is 2260. The Morgan fingerprint density at radius 2 is 0.510 bits per heavy atom. The van der Waals surface area contributed by atoms with Crippen LogP contribution in [0.4, 0.5) is 0 Å². The van der Waals surface area contributed by atoms with E-state index in [0.29, 0.717) is 25.7 Å². The van der Waals surface area contributed by atoms with E-state index in [4.69, 9.17) is 37.0 Å². The van der Waals surface area contributed by atoms with Gasteiger partial charge in [0.2, 0.25) is 0 Å². The summed E-state index contributed by atoms with van der Waals surface area (Å²) < 4.78 is 68.6. The predicted molar refractivity (Wildman–Crippen MR) is 418 cm³/mol. The van der Waals surface area contributed by atoms with Gasteiger partial charge in [0.25, 0.3) is 0 Å². The zero-order chi connectivity index (χ0) is 74.6. The second-order valence-corrected chi connectivity index (χ2v) is 30.2. The molecule has 0 aliphatic rings. The Balaban J connectivity index is 5.35. The molecule has 0 aromatic rings. The van der Waals surface area contributed by atoms with Gasteiger partial charge < -0.3 is 33.8 Å². The SMILES string of the molecule is CC/C=C\C/C=C\C/C=C\C/C=C\CCCCCCCCC(=O)OCC(COP(=O)(O)OCC(O)COP(=O)(O)OCC(COC(=O)CCCCCCC/C=C\CCCCCCCC)OC(=O)CCCCCCCCCCCCCCC)OC(=O)CCCCCCC/C=C\C/C=C\CCCCC. The molecule has 0 saturated carbocycles. The maximum atomic E-state index is 13.1. The molecule has 0 aliphatic carbocycles. The van der Waals surface area contributed by atoms with Crippen molar-refractivity contribution in [1.29, 1.82) is 0 Å². The summed E-state index contributed by atoms with van der Waals surface area (Å²) in [5, 5.41) is 10.6. The summed E-state index contributed by atoms with van der Waals surface area (Å²) in [6.45, 7) is 4.75. The zero-order valence-corrected chi connectivity index (χ0v) is 66.6. The van der Waals surface area contributed by atoms with Gasteiger partial charge in [-0.25, -0.2) is 9.13 Å². The van der Waals surface area contributed by atoms with Gasteiger partial charge in [0.15, 0.2) is 12.2 Å². The number of phosphoric acid groups is 2. The third kappa shape index (κ3) is 74.5. The van der Waals surface area contributed by atoms with Crippen molar-refractivity contribution in [2.24, 2.45) is 0 Å². The fourth-order valence-electron chi connectivity index (χ4n) is 11.1. The van der Waals surface area contributed by atoms with Crippen LogP contribution in [-0.4, -0.2) is 96.7 Å². The number of rotatable bonds is 77. The van der Waals surface area contributed by atoms with Crippen molar-refractivity contribution < 1.29 is 80.2 Å². The van der Waals surface area contributed by atoms with E-state index in [1.54, 1.807) is 0 Å². The molecule has 0 amide bonds. The molecule has 0 heterocycles. The summed E-state index contributed by atoms with van der Waals surface area (Å²) in [5.74, 6) is -2.19. The van der Waals surface area contributed by atoms with E-state index in [1.807, 2.05) is 0 Å². The highest BCUT2D eigenvalue weighted by Gasteiger charge is 2.30. The van der Waals surface area contributed by atoms with Crippen LogP contribution >= 0.6 is 15.6 Å². The monoisotopic (exact) mass is 1480 g/mol. The zero-order valence-electron chi connectivity index (χ0n) is 64.8. The van der Waals surface area contributed by atoms with Crippen molar-refractivity contribution in [3.63, 3.8) is 0 Å². The topological polar surface area (TPSA) is 237 Å². The summed E-state index contributed by atoms with van der Waals surface area (Å²) in [7, 11) is -9.96. The van der Waals surface area contributed by atoms with E-state index in [0.717, 1.165) is 173 Å². The molecule has 0 spiro atoms. The molecule has 0 aromatic carbocycles. The average molecular weight is 1480 g/mol. The molecular weight excluding hydrogens is 1330 g/mol. The van der Waals surface area contributed by atoms with Crippen molar-refractivity contribution in [3.05, 3.63) is 85.1 Å². The summed E-state index contributed by atoms with van der Waals surface area (Å²) in [4.78, 5) is 73.0. The highest BCUT2D eigenvalue weighted by atomic mass is 31.2. The molecule has 102 heavy (non-hydrogen) atoms. The van der Waals surface area contributed by atoms with Crippen molar-refractivity contribution in [2.75, 3.05) is 39.6 Å². The van der Waals surface area contributed by atoms with Crippen molar-refractivity contribution >= 4 is 39.5 Å². The molecule has 5 unspecified atom stereocenters. The first-order valence-electron chi connectivity index (χ1n) is 40.8. The molecule has 5 atom stereocenters. The molecule has 0 radical (unpaired) electrons. The second kappa shape index (κ2) is 75.5. The first-order valence-corrected chi connectivity index (χ1v) is 43.8. The normalized spacial score (nSPS) is 14.3. The number of carbonyl (C=O) groups is 4. The van der Waals surface area contributed by atoms with E-state index in [9.17, 15) is 43.2 Å². The van der Waals surface area contributed by atoms with E-state index < -0.39 is 97.5 Å². The number of aliphatic hydroxyl groups excluding tert-OH is 1. The first kappa shape index (κ1) is 98.2. The maximum Gasteiger partial charge on any atom is 0.472 e. The Morgan fingerprint density at radius 3 is 0.814 bits per heavy atom. The van der Waals surface area contributed by atoms with Crippen LogP contribution in [0.25, 0.3) is 0 Å². The highest BCUT2D eigenvalue weighted by Crippen LogP contribution is 2.45. The van der Waals surface area contributed by atoms with Crippen molar-refractivity contribution in [2.45, 2.75) is 380 Å². The summed E-state index contributed by atoms with van der Waals surface area (Å²) in [6.07, 6.45) is 78.3. The quantitative estimate of drug-likeness (QED) is 0.0169. The van der Waals surface area contributed by atoms with Crippen LogP contribution in [0.5, 0.6) is 0 Å². The fourth-order valence-corrected chi connectivity index (χ4v) is 12.7. The van der Waals surface area contributed by atoms with Crippen LogP contribution in [0, 0.1) is 0 Å². The minimum Gasteiger partial charge on any atom is -0.462 e. The van der Waals surface area contributed by atoms with Crippen LogP contribution in [0.15, 0.2) is 85.1 Å². The number of hydrogen-bond donors (Lipinski definition) is 3. The van der Waals surface area contributed by atoms with Gasteiger partial charge in [0, 0.05) is 25.7 Å². The number of phosphoric ester groups is 2. The standard InChI is InChI=1S/C83H148O17P2/c1-5-9-13-17-21-25-29-33-36-37-38-39-42-45-48-52-56-60-64-68-81(86)94-74-79(100-83(88)70-66-62-58-54-50-46-41-35-31-27-23-19-15-11-7-3)76-98-102(91,92)96-72-77(84)71-95-101(89,90)97-75-78(99-82(87)69-65-61-57-53-49-43-32-28-24-20-16-12-8-4)73-93-80(85)67-63-59-55-51-47-44-40-34-30-26-22-18-14-10-6-2/h9,13,21,23,25,27,33-36,38-41,77-79,84H,5-8,10-12,14-20,22,24,26,28-32,37,42-76H2,1-4H3,(H,89,90)(H,91,92)/b13-9-,25-21-,27-23-,36-33-,39-38-,40-34-,41-35-. The van der Waals surface area contributed by atoms with Crippen LogP contribution < -0.4 is 0 Å². The van der Waals surface area contributed by atoms with Crippen molar-refractivity contribution in [1.82, 2.24) is 0 Å². The van der Waals surface area contributed by atoms with Crippen LogP contribution in [0.1, 0.15) is 362 Å². The maximum absolute atomic E-state index is 13.1. The van der Waals surface area contributed by atoms with E-state index in [-0.39, 0.29) is 25.7 Å². The first-order chi connectivity index (χ1) is 49.7. The molecular formula is C83H148O17P2.